The van der Waals surface area contributed by atoms with E-state index in [9.17, 15) is 0 Å². The number of hydrogen-bond acceptors (Lipinski definition) is 4. The second-order valence-electron chi connectivity index (χ2n) is 4.79. The summed E-state index contributed by atoms with van der Waals surface area (Å²) in [5.74, 6) is 3.82. The highest BCUT2D eigenvalue weighted by molar-refractivity contribution is 7.99. The minimum absolute atomic E-state index is 0.0685. The van der Waals surface area contributed by atoms with Gasteiger partial charge in [0.05, 0.1) is 13.2 Å². The van der Waals surface area contributed by atoms with Crippen molar-refractivity contribution in [3.8, 4) is 11.5 Å². The van der Waals surface area contributed by atoms with Gasteiger partial charge in [-0.2, -0.15) is 11.8 Å². The first-order chi connectivity index (χ1) is 9.31. The van der Waals surface area contributed by atoms with Crippen LogP contribution in [0.1, 0.15) is 37.8 Å². The van der Waals surface area contributed by atoms with E-state index < -0.39 is 0 Å². The Balaban J connectivity index is 1.94. The molecule has 1 atom stereocenters. The third-order valence-corrected chi connectivity index (χ3v) is 4.31. The molecule has 0 saturated heterocycles. The van der Waals surface area contributed by atoms with Crippen LogP contribution in [0.5, 0.6) is 11.5 Å². The van der Waals surface area contributed by atoms with Crippen molar-refractivity contribution in [3.05, 3.63) is 23.8 Å². The fourth-order valence-corrected chi connectivity index (χ4v) is 3.07. The first kappa shape index (κ1) is 14.5. The van der Waals surface area contributed by atoms with Gasteiger partial charge in [-0.1, -0.05) is 19.4 Å². The zero-order valence-electron chi connectivity index (χ0n) is 11.6. The predicted octanol–water partition coefficient (Wildman–Crippen LogP) is 3.38. The summed E-state index contributed by atoms with van der Waals surface area (Å²) in [7, 11) is 0. The summed E-state index contributed by atoms with van der Waals surface area (Å²) in [6, 6.07) is 6.13. The van der Waals surface area contributed by atoms with Crippen molar-refractivity contribution in [2.75, 3.05) is 24.7 Å². The summed E-state index contributed by atoms with van der Waals surface area (Å²) >= 11 is 1.93. The lowest BCUT2D eigenvalue weighted by molar-refractivity contribution is 0.297. The van der Waals surface area contributed by atoms with Crippen LogP contribution in [0.15, 0.2) is 18.2 Å². The highest BCUT2D eigenvalue weighted by Gasteiger charge is 2.13. The van der Waals surface area contributed by atoms with Crippen molar-refractivity contribution in [2.24, 2.45) is 5.73 Å². The summed E-state index contributed by atoms with van der Waals surface area (Å²) in [4.78, 5) is 0. The van der Waals surface area contributed by atoms with Crippen LogP contribution in [0.2, 0.25) is 0 Å². The van der Waals surface area contributed by atoms with E-state index in [1.165, 1.54) is 18.6 Å². The van der Waals surface area contributed by atoms with E-state index in [0.29, 0.717) is 0 Å². The molecule has 106 valence electrons. The molecule has 1 unspecified atom stereocenters. The Kier molecular flexibility index (Phi) is 5.86. The van der Waals surface area contributed by atoms with E-state index >= 15 is 0 Å². The maximum atomic E-state index is 6.23. The van der Waals surface area contributed by atoms with Crippen molar-refractivity contribution in [1.29, 1.82) is 0 Å². The number of thioether (sulfide) groups is 1. The van der Waals surface area contributed by atoms with E-state index in [-0.39, 0.29) is 6.04 Å². The Bertz CT molecular complexity index is 398. The van der Waals surface area contributed by atoms with Gasteiger partial charge in [-0.15, -0.1) is 0 Å². The van der Waals surface area contributed by atoms with E-state index in [1.54, 1.807) is 0 Å². The highest BCUT2D eigenvalue weighted by atomic mass is 32.2. The first-order valence-electron chi connectivity index (χ1n) is 7.04. The fraction of sp³-hybridized carbons (Fsp3) is 0.600. The zero-order chi connectivity index (χ0) is 13.5. The summed E-state index contributed by atoms with van der Waals surface area (Å²) < 4.78 is 11.3. The maximum Gasteiger partial charge on any atom is 0.161 e. The molecule has 0 spiro atoms. The van der Waals surface area contributed by atoms with Gasteiger partial charge in [0.15, 0.2) is 11.5 Å². The van der Waals surface area contributed by atoms with Crippen LogP contribution in [0, 0.1) is 0 Å². The van der Waals surface area contributed by atoms with Gasteiger partial charge in [0.1, 0.15) is 0 Å². The lowest BCUT2D eigenvalue weighted by atomic mass is 10.1. The molecule has 0 saturated carbocycles. The second-order valence-corrected chi connectivity index (χ2v) is 5.94. The van der Waals surface area contributed by atoms with Crippen molar-refractivity contribution < 1.29 is 9.47 Å². The lowest BCUT2D eigenvalue weighted by Crippen LogP contribution is -2.13. The second kappa shape index (κ2) is 7.65. The van der Waals surface area contributed by atoms with Gasteiger partial charge < -0.3 is 15.2 Å². The molecule has 3 nitrogen and oxygen atoms in total. The molecule has 0 aromatic heterocycles. The smallest absolute Gasteiger partial charge is 0.161 e. The third kappa shape index (κ3) is 4.32. The van der Waals surface area contributed by atoms with Gasteiger partial charge >= 0.3 is 0 Å². The predicted molar refractivity (Wildman–Crippen MR) is 81.2 cm³/mol. The number of rotatable bonds is 6. The quantitative estimate of drug-likeness (QED) is 0.812. The molecule has 0 radical (unpaired) electrons. The van der Waals surface area contributed by atoms with Gasteiger partial charge in [0, 0.05) is 18.2 Å². The molecule has 2 rings (SSSR count). The van der Waals surface area contributed by atoms with Gasteiger partial charge in [0.25, 0.3) is 0 Å². The summed E-state index contributed by atoms with van der Waals surface area (Å²) in [5.41, 5.74) is 7.36. The number of hydrogen-bond donors (Lipinski definition) is 1. The average Bonchev–Trinajstić information content (AvgIpc) is 2.67. The molecular formula is C15H23NO2S. The maximum absolute atomic E-state index is 6.23. The largest absolute Gasteiger partial charge is 0.490 e. The van der Waals surface area contributed by atoms with Crippen molar-refractivity contribution in [3.63, 3.8) is 0 Å². The summed E-state index contributed by atoms with van der Waals surface area (Å²) in [6.07, 6.45) is 3.44. The Morgan fingerprint density at radius 2 is 2.05 bits per heavy atom. The molecule has 1 aliphatic heterocycles. The van der Waals surface area contributed by atoms with E-state index in [0.717, 1.165) is 42.4 Å². The topological polar surface area (TPSA) is 44.5 Å². The van der Waals surface area contributed by atoms with Crippen molar-refractivity contribution >= 4 is 11.8 Å². The lowest BCUT2D eigenvalue weighted by Gasteiger charge is -2.14. The minimum Gasteiger partial charge on any atom is -0.490 e. The molecule has 1 aliphatic rings. The standard InChI is InChI=1S/C15H23NO2S/c1-2-3-9-19-11-13(16)12-5-6-14-15(10-12)18-8-4-7-17-14/h5-6,10,13H,2-4,7-9,11,16H2,1H3. The molecule has 1 aromatic rings. The monoisotopic (exact) mass is 281 g/mol. The van der Waals surface area contributed by atoms with Crippen LogP contribution in [0.3, 0.4) is 0 Å². The van der Waals surface area contributed by atoms with Crippen LogP contribution in [0.25, 0.3) is 0 Å². The Hall–Kier alpha value is -0.870. The normalized spacial score (nSPS) is 15.9. The summed E-state index contributed by atoms with van der Waals surface area (Å²) in [5, 5.41) is 0. The number of unbranched alkanes of at least 4 members (excludes halogenated alkanes) is 1. The first-order valence-corrected chi connectivity index (χ1v) is 8.19. The average molecular weight is 281 g/mol. The van der Waals surface area contributed by atoms with Crippen molar-refractivity contribution in [1.82, 2.24) is 0 Å². The van der Waals surface area contributed by atoms with Gasteiger partial charge in [0.2, 0.25) is 0 Å². The summed E-state index contributed by atoms with van der Waals surface area (Å²) in [6.45, 7) is 3.66. The molecule has 1 heterocycles. The van der Waals surface area contributed by atoms with Gasteiger partial charge in [-0.3, -0.25) is 0 Å². The van der Waals surface area contributed by atoms with E-state index in [1.807, 2.05) is 23.9 Å². The van der Waals surface area contributed by atoms with Crippen LogP contribution in [-0.2, 0) is 0 Å². The molecule has 0 fully saturated rings. The molecule has 0 aliphatic carbocycles. The Morgan fingerprint density at radius 1 is 1.26 bits per heavy atom. The van der Waals surface area contributed by atoms with E-state index in [2.05, 4.69) is 13.0 Å². The SMILES string of the molecule is CCCCSCC(N)c1ccc2c(c1)OCCCO2. The molecule has 4 heteroatoms. The molecule has 19 heavy (non-hydrogen) atoms. The number of nitrogens with two attached hydrogens (primary N) is 1. The highest BCUT2D eigenvalue weighted by Crippen LogP contribution is 2.32. The van der Waals surface area contributed by atoms with Crippen LogP contribution in [-0.4, -0.2) is 24.7 Å². The van der Waals surface area contributed by atoms with Crippen molar-refractivity contribution in [2.45, 2.75) is 32.2 Å². The number of benzene rings is 1. The fourth-order valence-electron chi connectivity index (χ4n) is 1.96. The Morgan fingerprint density at radius 3 is 2.84 bits per heavy atom. The zero-order valence-corrected chi connectivity index (χ0v) is 12.4. The van der Waals surface area contributed by atoms with Gasteiger partial charge in [-0.25, -0.2) is 0 Å². The third-order valence-electron chi connectivity index (χ3n) is 3.14. The minimum atomic E-state index is 0.0685. The number of fused-ring (bicyclic) bond motifs is 1. The van der Waals surface area contributed by atoms with Crippen LogP contribution in [0.4, 0.5) is 0 Å². The molecular weight excluding hydrogens is 258 g/mol. The van der Waals surface area contributed by atoms with E-state index in [4.69, 9.17) is 15.2 Å². The van der Waals surface area contributed by atoms with Gasteiger partial charge in [-0.05, 0) is 29.9 Å². The molecule has 1 aromatic carbocycles. The van der Waals surface area contributed by atoms with Crippen LogP contribution >= 0.6 is 11.8 Å². The molecule has 0 bridgehead atoms. The Labute approximate surface area is 119 Å². The van der Waals surface area contributed by atoms with Crippen LogP contribution < -0.4 is 15.2 Å². The molecule has 2 N–H and O–H groups in total. The molecule has 0 amide bonds. The number of ether oxygens (including phenoxy) is 2.